The Kier molecular flexibility index (Phi) is 2.86. The molecule has 3 rings (SSSR count). The fourth-order valence-electron chi connectivity index (χ4n) is 1.89. The van der Waals surface area contributed by atoms with Crippen LogP contribution in [0.4, 0.5) is 0 Å². The molecule has 3 heterocycles. The van der Waals surface area contributed by atoms with Crippen molar-refractivity contribution in [1.82, 2.24) is 14.2 Å². The number of carbonyl (C=O) groups excluding carboxylic acids is 1. The van der Waals surface area contributed by atoms with Gasteiger partial charge in [-0.25, -0.2) is 14.3 Å². The van der Waals surface area contributed by atoms with E-state index in [-0.39, 0.29) is 18.0 Å². The molecule has 7 heteroatoms. The summed E-state index contributed by atoms with van der Waals surface area (Å²) < 4.78 is 12.6. The molecule has 0 fully saturated rings. The van der Waals surface area contributed by atoms with Crippen molar-refractivity contribution in [3.8, 4) is 0 Å². The molecule has 0 aliphatic rings. The normalized spacial score (nSPS) is 10.8. The lowest BCUT2D eigenvalue weighted by Crippen LogP contribution is -2.21. The first-order valence-corrected chi connectivity index (χ1v) is 5.90. The number of aromatic nitrogens is 3. The Morgan fingerprint density at radius 3 is 2.95 bits per heavy atom. The lowest BCUT2D eigenvalue weighted by Gasteiger charge is -1.96. The Balaban J connectivity index is 1.93. The molecule has 3 aromatic heterocycles. The van der Waals surface area contributed by atoms with Crippen LogP contribution in [0, 0.1) is 0 Å². The summed E-state index contributed by atoms with van der Waals surface area (Å²) >= 11 is 0. The van der Waals surface area contributed by atoms with Crippen LogP contribution in [0.15, 0.2) is 45.7 Å². The Morgan fingerprint density at radius 1 is 1.35 bits per heavy atom. The van der Waals surface area contributed by atoms with E-state index in [2.05, 4.69) is 9.84 Å². The van der Waals surface area contributed by atoms with Crippen molar-refractivity contribution in [2.24, 2.45) is 0 Å². The monoisotopic (exact) mass is 273 g/mol. The Labute approximate surface area is 113 Å². The van der Waals surface area contributed by atoms with Gasteiger partial charge >= 0.3 is 11.7 Å². The van der Waals surface area contributed by atoms with Crippen LogP contribution < -0.4 is 5.69 Å². The quantitative estimate of drug-likeness (QED) is 0.663. The van der Waals surface area contributed by atoms with Gasteiger partial charge in [0.15, 0.2) is 5.65 Å². The molecule has 0 aromatic carbocycles. The van der Waals surface area contributed by atoms with Crippen LogP contribution in [0.2, 0.25) is 0 Å². The molecule has 0 atom stereocenters. The van der Waals surface area contributed by atoms with Gasteiger partial charge in [0.1, 0.15) is 12.3 Å². The van der Waals surface area contributed by atoms with Crippen LogP contribution in [0.1, 0.15) is 16.3 Å². The van der Waals surface area contributed by atoms with Crippen LogP contribution in [-0.4, -0.2) is 27.3 Å². The van der Waals surface area contributed by atoms with E-state index in [4.69, 9.17) is 4.42 Å². The minimum atomic E-state index is -0.557. The van der Waals surface area contributed by atoms with Crippen LogP contribution in [0.3, 0.4) is 0 Å². The molecular weight excluding hydrogens is 262 g/mol. The number of pyridine rings is 1. The number of hydrogen-bond donors (Lipinski definition) is 0. The van der Waals surface area contributed by atoms with Crippen molar-refractivity contribution in [2.45, 2.75) is 6.54 Å². The van der Waals surface area contributed by atoms with Crippen molar-refractivity contribution >= 4 is 11.6 Å². The number of carbonyl (C=O) groups is 1. The maximum Gasteiger partial charge on any atom is 0.373 e. The largest absolute Gasteiger partial charge is 0.463 e. The van der Waals surface area contributed by atoms with Gasteiger partial charge in [0.2, 0.25) is 5.76 Å². The lowest BCUT2D eigenvalue weighted by molar-refractivity contribution is 0.0562. The molecule has 0 saturated carbocycles. The zero-order valence-electron chi connectivity index (χ0n) is 10.6. The second-order valence-electron chi connectivity index (χ2n) is 4.13. The van der Waals surface area contributed by atoms with Gasteiger partial charge in [-0.3, -0.25) is 4.40 Å². The molecule has 102 valence electrons. The number of furan rings is 1. The molecule has 0 spiro atoms. The molecule has 0 unspecified atom stereocenters. The highest BCUT2D eigenvalue weighted by atomic mass is 16.5. The lowest BCUT2D eigenvalue weighted by atomic mass is 10.4. The molecule has 0 aliphatic heterocycles. The van der Waals surface area contributed by atoms with E-state index in [1.54, 1.807) is 30.5 Å². The molecular formula is C13H11N3O4. The first-order chi connectivity index (χ1) is 9.69. The molecule has 0 amide bonds. The molecule has 0 saturated heterocycles. The minimum absolute atomic E-state index is 0.0966. The highest BCUT2D eigenvalue weighted by Crippen LogP contribution is 2.10. The average molecular weight is 273 g/mol. The second kappa shape index (κ2) is 4.69. The molecule has 0 radical (unpaired) electrons. The highest BCUT2D eigenvalue weighted by molar-refractivity contribution is 5.86. The summed E-state index contributed by atoms with van der Waals surface area (Å²) in [5.74, 6) is -0.00572. The number of nitrogens with zero attached hydrogens (tertiary/aromatic N) is 3. The molecule has 3 aromatic rings. The van der Waals surface area contributed by atoms with Gasteiger partial charge in [0, 0.05) is 6.20 Å². The molecule has 0 N–H and O–H groups in total. The maximum absolute atomic E-state index is 12.1. The van der Waals surface area contributed by atoms with E-state index in [1.807, 2.05) is 0 Å². The number of esters is 1. The van der Waals surface area contributed by atoms with Crippen LogP contribution in [0.5, 0.6) is 0 Å². The molecule has 0 bridgehead atoms. The summed E-state index contributed by atoms with van der Waals surface area (Å²) in [5.41, 5.74) is 0.286. The van der Waals surface area contributed by atoms with Crippen LogP contribution in [-0.2, 0) is 11.3 Å². The van der Waals surface area contributed by atoms with E-state index in [1.165, 1.54) is 22.3 Å². The first-order valence-electron chi connectivity index (χ1n) is 5.90. The zero-order chi connectivity index (χ0) is 14.1. The van der Waals surface area contributed by atoms with Crippen molar-refractivity contribution < 1.29 is 13.9 Å². The fraction of sp³-hybridized carbons (Fsp3) is 0.154. The standard InChI is InChI=1S/C13H11N3O4/c1-19-12(17)10-6-5-9(20-10)8-16-13(18)15-7-3-2-4-11(15)14-16/h2-7H,8H2,1H3. The van der Waals surface area contributed by atoms with Crippen molar-refractivity contribution in [1.29, 1.82) is 0 Å². The summed E-state index contributed by atoms with van der Waals surface area (Å²) in [6, 6.07) is 8.40. The second-order valence-corrected chi connectivity index (χ2v) is 4.13. The minimum Gasteiger partial charge on any atom is -0.463 e. The van der Waals surface area contributed by atoms with Crippen LogP contribution >= 0.6 is 0 Å². The Morgan fingerprint density at radius 2 is 2.20 bits per heavy atom. The summed E-state index contributed by atoms with van der Waals surface area (Å²) in [7, 11) is 1.27. The summed E-state index contributed by atoms with van der Waals surface area (Å²) in [5, 5.41) is 4.17. The number of ether oxygens (including phenoxy) is 1. The van der Waals surface area contributed by atoms with E-state index in [9.17, 15) is 9.59 Å². The van der Waals surface area contributed by atoms with E-state index in [0.717, 1.165) is 0 Å². The van der Waals surface area contributed by atoms with Crippen molar-refractivity contribution in [3.05, 3.63) is 58.5 Å². The topological polar surface area (TPSA) is 78.7 Å². The van der Waals surface area contributed by atoms with Gasteiger partial charge < -0.3 is 9.15 Å². The third-order valence-electron chi connectivity index (χ3n) is 2.84. The van der Waals surface area contributed by atoms with Gasteiger partial charge in [0.25, 0.3) is 0 Å². The SMILES string of the molecule is COC(=O)c1ccc(Cn2nc3ccccn3c2=O)o1. The smallest absolute Gasteiger partial charge is 0.373 e. The van der Waals surface area contributed by atoms with E-state index in [0.29, 0.717) is 11.4 Å². The zero-order valence-corrected chi connectivity index (χ0v) is 10.6. The Bertz CT molecular complexity index is 827. The molecule has 7 nitrogen and oxygen atoms in total. The summed E-state index contributed by atoms with van der Waals surface area (Å²) in [6.07, 6.45) is 1.64. The Hall–Kier alpha value is -2.83. The fourth-order valence-corrected chi connectivity index (χ4v) is 1.89. The number of fused-ring (bicyclic) bond motifs is 1. The predicted molar refractivity (Wildman–Crippen MR) is 68.6 cm³/mol. The predicted octanol–water partition coefficient (Wildman–Crippen LogP) is 0.924. The first kappa shape index (κ1) is 12.2. The average Bonchev–Trinajstić information content (AvgIpc) is 3.05. The number of methoxy groups -OCH3 is 1. The summed E-state index contributed by atoms with van der Waals surface area (Å²) in [4.78, 5) is 23.3. The maximum atomic E-state index is 12.1. The third-order valence-corrected chi connectivity index (χ3v) is 2.84. The molecule has 20 heavy (non-hydrogen) atoms. The summed E-state index contributed by atoms with van der Waals surface area (Å²) in [6.45, 7) is 0.150. The number of rotatable bonds is 3. The van der Waals surface area contributed by atoms with Gasteiger partial charge in [-0.2, -0.15) is 0 Å². The number of hydrogen-bond acceptors (Lipinski definition) is 5. The van der Waals surface area contributed by atoms with Gasteiger partial charge in [-0.1, -0.05) is 6.07 Å². The third kappa shape index (κ3) is 1.99. The molecule has 0 aliphatic carbocycles. The highest BCUT2D eigenvalue weighted by Gasteiger charge is 2.13. The van der Waals surface area contributed by atoms with Gasteiger partial charge in [0.05, 0.1) is 7.11 Å². The van der Waals surface area contributed by atoms with E-state index >= 15 is 0 Å². The van der Waals surface area contributed by atoms with E-state index < -0.39 is 5.97 Å². The van der Waals surface area contributed by atoms with Gasteiger partial charge in [-0.15, -0.1) is 5.10 Å². The van der Waals surface area contributed by atoms with Crippen molar-refractivity contribution in [3.63, 3.8) is 0 Å². The van der Waals surface area contributed by atoms with Crippen molar-refractivity contribution in [2.75, 3.05) is 7.11 Å². The van der Waals surface area contributed by atoms with Crippen LogP contribution in [0.25, 0.3) is 5.65 Å². The van der Waals surface area contributed by atoms with Gasteiger partial charge in [-0.05, 0) is 24.3 Å².